The van der Waals surface area contributed by atoms with Crippen molar-refractivity contribution in [2.24, 2.45) is 0 Å². The van der Waals surface area contributed by atoms with Crippen LogP contribution in [0.4, 0.5) is 10.5 Å². The summed E-state index contributed by atoms with van der Waals surface area (Å²) in [6, 6.07) is 24.3. The van der Waals surface area contributed by atoms with Crippen LogP contribution in [0.1, 0.15) is 63.0 Å². The number of rotatable bonds is 8. The summed E-state index contributed by atoms with van der Waals surface area (Å²) in [5.74, 6) is 1.15. The van der Waals surface area contributed by atoms with E-state index >= 15 is 0 Å². The summed E-state index contributed by atoms with van der Waals surface area (Å²) in [6.07, 6.45) is 6.99. The lowest BCUT2D eigenvalue weighted by atomic mass is 9.84. The van der Waals surface area contributed by atoms with Crippen LogP contribution in [0.5, 0.6) is 5.75 Å². The Morgan fingerprint density at radius 1 is 0.971 bits per heavy atom. The normalized spacial score (nSPS) is 14.8. The first-order valence-electron chi connectivity index (χ1n) is 12.6. The number of ether oxygens (including phenoxy) is 1. The Bertz CT molecular complexity index is 1150. The highest BCUT2D eigenvalue weighted by Gasteiger charge is 2.35. The van der Waals surface area contributed by atoms with E-state index < -0.39 is 5.60 Å². The molecule has 0 aliphatic heterocycles. The second kappa shape index (κ2) is 11.3. The van der Waals surface area contributed by atoms with Gasteiger partial charge in [0.25, 0.3) is 0 Å². The minimum Gasteiger partial charge on any atom is -0.485 e. The van der Waals surface area contributed by atoms with Crippen LogP contribution in [0, 0.1) is 0 Å². The summed E-state index contributed by atoms with van der Waals surface area (Å²) in [7, 11) is 0. The molecule has 1 fully saturated rings. The first-order chi connectivity index (χ1) is 17.0. The van der Waals surface area contributed by atoms with Gasteiger partial charge >= 0.3 is 6.03 Å². The van der Waals surface area contributed by atoms with E-state index in [1.165, 1.54) is 6.42 Å². The molecule has 0 atom stereocenters. The maximum Gasteiger partial charge on any atom is 0.319 e. The van der Waals surface area contributed by atoms with Crippen LogP contribution in [-0.4, -0.2) is 18.2 Å². The van der Waals surface area contributed by atoms with Gasteiger partial charge in [-0.2, -0.15) is 0 Å². The van der Waals surface area contributed by atoms with Crippen LogP contribution in [-0.2, 0) is 0 Å². The van der Waals surface area contributed by atoms with Gasteiger partial charge in [-0.3, -0.25) is 0 Å². The van der Waals surface area contributed by atoms with Gasteiger partial charge in [0, 0.05) is 5.56 Å². The van der Waals surface area contributed by atoms with Crippen molar-refractivity contribution in [3.05, 3.63) is 90.5 Å². The van der Waals surface area contributed by atoms with Crippen molar-refractivity contribution in [1.29, 1.82) is 0 Å². The van der Waals surface area contributed by atoms with Crippen LogP contribution in [0.2, 0.25) is 0 Å². The fourth-order valence-corrected chi connectivity index (χ4v) is 4.94. The molecule has 1 aliphatic carbocycles. The molecule has 4 nitrogen and oxygen atoms in total. The average molecular weight is 469 g/mol. The summed E-state index contributed by atoms with van der Waals surface area (Å²) < 4.78 is 6.78. The molecule has 0 aromatic heterocycles. The molecule has 3 aromatic carbocycles. The van der Waals surface area contributed by atoms with Gasteiger partial charge in [-0.1, -0.05) is 99.7 Å². The summed E-state index contributed by atoms with van der Waals surface area (Å²) in [5.41, 5.74) is 4.61. The molecule has 35 heavy (non-hydrogen) atoms. The molecule has 2 amide bonds. The fraction of sp³-hybridized carbons (Fsp3) is 0.323. The van der Waals surface area contributed by atoms with Gasteiger partial charge in [0.15, 0.2) is 0 Å². The van der Waals surface area contributed by atoms with Crippen LogP contribution in [0.3, 0.4) is 0 Å². The van der Waals surface area contributed by atoms with E-state index in [9.17, 15) is 4.79 Å². The second-order valence-electron chi connectivity index (χ2n) is 9.69. The van der Waals surface area contributed by atoms with Crippen molar-refractivity contribution in [1.82, 2.24) is 5.32 Å². The van der Waals surface area contributed by atoms with E-state index in [4.69, 9.17) is 4.74 Å². The van der Waals surface area contributed by atoms with E-state index in [-0.39, 0.29) is 11.9 Å². The quantitative estimate of drug-likeness (QED) is 0.352. The highest BCUT2D eigenvalue weighted by molar-refractivity contribution is 5.93. The predicted octanol–water partition coefficient (Wildman–Crippen LogP) is 8.02. The summed E-state index contributed by atoms with van der Waals surface area (Å²) in [4.78, 5) is 13.1. The van der Waals surface area contributed by atoms with E-state index in [1.807, 2.05) is 48.5 Å². The highest BCUT2D eigenvalue weighted by atomic mass is 16.5. The molecular formula is C31H36N2O2. The first-order valence-corrected chi connectivity index (χ1v) is 12.6. The lowest BCUT2D eigenvalue weighted by Gasteiger charge is -2.38. The number of urea groups is 1. The van der Waals surface area contributed by atoms with Gasteiger partial charge < -0.3 is 15.4 Å². The Kier molecular flexibility index (Phi) is 7.91. The minimum absolute atomic E-state index is 0.217. The third-order valence-electron chi connectivity index (χ3n) is 6.84. The minimum atomic E-state index is -0.431. The lowest BCUT2D eigenvalue weighted by Crippen LogP contribution is -2.49. The molecule has 4 rings (SSSR count). The third-order valence-corrected chi connectivity index (χ3v) is 6.84. The SMILES string of the molecule is C=Cc1cccc(C(C)C)c1NC(=O)NCC1(Oc2ccccc2-c2ccccc2)CCCCC1. The molecule has 0 saturated heterocycles. The number of benzene rings is 3. The molecular weight excluding hydrogens is 432 g/mol. The maximum absolute atomic E-state index is 13.1. The van der Waals surface area contributed by atoms with Crippen molar-refractivity contribution < 1.29 is 9.53 Å². The molecule has 2 N–H and O–H groups in total. The van der Waals surface area contributed by atoms with E-state index in [2.05, 4.69) is 55.3 Å². The standard InChI is InChI=1S/C31H36N2O2/c1-4-24-16-13-18-26(23(2)3)29(24)33-30(34)32-22-31(20-11-6-12-21-31)35-28-19-10-9-17-27(28)25-14-7-5-8-15-25/h4-5,7-10,13-19,23H,1,6,11-12,20-22H2,2-3H3,(H2,32,33,34). The molecule has 0 bridgehead atoms. The largest absolute Gasteiger partial charge is 0.485 e. The van der Waals surface area contributed by atoms with Crippen molar-refractivity contribution in [3.8, 4) is 16.9 Å². The van der Waals surface area contributed by atoms with Crippen LogP contribution in [0.15, 0.2) is 79.4 Å². The number of hydrogen-bond acceptors (Lipinski definition) is 2. The Morgan fingerprint density at radius 3 is 2.40 bits per heavy atom. The molecule has 3 aromatic rings. The van der Waals surface area contributed by atoms with Crippen LogP contribution < -0.4 is 15.4 Å². The van der Waals surface area contributed by atoms with Gasteiger partial charge in [0.1, 0.15) is 11.4 Å². The zero-order valence-electron chi connectivity index (χ0n) is 20.8. The zero-order valence-corrected chi connectivity index (χ0v) is 20.8. The van der Waals surface area contributed by atoms with Crippen molar-refractivity contribution in [3.63, 3.8) is 0 Å². The third kappa shape index (κ3) is 5.94. The Morgan fingerprint density at radius 2 is 1.69 bits per heavy atom. The molecule has 0 unspecified atom stereocenters. The first kappa shape index (κ1) is 24.6. The predicted molar refractivity (Wildman–Crippen MR) is 146 cm³/mol. The molecule has 0 radical (unpaired) electrons. The van der Waals surface area contributed by atoms with Gasteiger partial charge in [0.05, 0.1) is 12.2 Å². The molecule has 4 heteroatoms. The van der Waals surface area contributed by atoms with Crippen molar-refractivity contribution in [2.75, 3.05) is 11.9 Å². The van der Waals surface area contributed by atoms with Gasteiger partial charge in [-0.15, -0.1) is 0 Å². The van der Waals surface area contributed by atoms with Crippen LogP contribution >= 0.6 is 0 Å². The van der Waals surface area contributed by atoms with Crippen LogP contribution in [0.25, 0.3) is 17.2 Å². The van der Waals surface area contributed by atoms with E-state index in [0.29, 0.717) is 6.54 Å². The van der Waals surface area contributed by atoms with Gasteiger partial charge in [-0.25, -0.2) is 4.79 Å². The van der Waals surface area contributed by atoms with Crippen molar-refractivity contribution >= 4 is 17.8 Å². The number of hydrogen-bond donors (Lipinski definition) is 2. The zero-order chi connectivity index (χ0) is 24.7. The maximum atomic E-state index is 13.1. The summed E-state index contributed by atoms with van der Waals surface area (Å²) in [6.45, 7) is 8.62. The molecule has 1 saturated carbocycles. The highest BCUT2D eigenvalue weighted by Crippen LogP contribution is 2.37. The summed E-state index contributed by atoms with van der Waals surface area (Å²) in [5, 5.41) is 6.22. The fourth-order valence-electron chi connectivity index (χ4n) is 4.94. The molecule has 0 heterocycles. The summed E-state index contributed by atoms with van der Waals surface area (Å²) >= 11 is 0. The number of anilines is 1. The lowest BCUT2D eigenvalue weighted by molar-refractivity contribution is 0.0336. The molecule has 0 spiro atoms. The second-order valence-corrected chi connectivity index (χ2v) is 9.69. The smallest absolute Gasteiger partial charge is 0.319 e. The van der Waals surface area contributed by atoms with E-state index in [1.54, 1.807) is 6.08 Å². The Hall–Kier alpha value is -3.53. The number of nitrogens with one attached hydrogen (secondary N) is 2. The molecule has 182 valence electrons. The molecule has 1 aliphatic rings. The van der Waals surface area contributed by atoms with Gasteiger partial charge in [-0.05, 0) is 54.4 Å². The number of para-hydroxylation sites is 2. The van der Waals surface area contributed by atoms with E-state index in [0.717, 1.165) is 59.4 Å². The Balaban J connectivity index is 1.53. The van der Waals surface area contributed by atoms with Gasteiger partial charge in [0.2, 0.25) is 0 Å². The van der Waals surface area contributed by atoms with Crippen molar-refractivity contribution in [2.45, 2.75) is 57.5 Å². The monoisotopic (exact) mass is 468 g/mol. The Labute approximate surface area is 209 Å². The number of carbonyl (C=O) groups is 1. The topological polar surface area (TPSA) is 50.4 Å². The number of carbonyl (C=O) groups excluding carboxylic acids is 1. The number of amides is 2. The average Bonchev–Trinajstić information content (AvgIpc) is 2.89.